The largest absolute Gasteiger partial charge is 0.481 e. The van der Waals surface area contributed by atoms with Gasteiger partial charge in [-0.25, -0.2) is 4.79 Å². The van der Waals surface area contributed by atoms with Crippen molar-refractivity contribution in [2.75, 3.05) is 25.1 Å². The van der Waals surface area contributed by atoms with E-state index in [1.54, 1.807) is 25.6 Å². The molecule has 0 aliphatic carbocycles. The Morgan fingerprint density at radius 2 is 2.00 bits per heavy atom. The van der Waals surface area contributed by atoms with Crippen molar-refractivity contribution in [3.63, 3.8) is 0 Å². The SMILES string of the molecule is CCC(C)(CNC(=O)NCCSC)C(=O)O. The molecule has 2 amide bonds. The van der Waals surface area contributed by atoms with Crippen LogP contribution in [0.1, 0.15) is 20.3 Å². The summed E-state index contributed by atoms with van der Waals surface area (Å²) in [6.45, 7) is 4.14. The minimum absolute atomic E-state index is 0.143. The number of thioether (sulfide) groups is 1. The predicted octanol–water partition coefficient (Wildman–Crippen LogP) is 1.15. The van der Waals surface area contributed by atoms with E-state index in [1.807, 2.05) is 6.26 Å². The van der Waals surface area contributed by atoms with E-state index in [0.717, 1.165) is 5.75 Å². The minimum Gasteiger partial charge on any atom is -0.481 e. The number of carboxylic acid groups (broad SMARTS) is 1. The van der Waals surface area contributed by atoms with Gasteiger partial charge in [-0.2, -0.15) is 11.8 Å². The van der Waals surface area contributed by atoms with Crippen LogP contribution in [0.3, 0.4) is 0 Å². The normalized spacial score (nSPS) is 13.9. The molecule has 5 nitrogen and oxygen atoms in total. The Hall–Kier alpha value is -0.910. The fourth-order valence-corrected chi connectivity index (χ4v) is 1.26. The Morgan fingerprint density at radius 3 is 2.44 bits per heavy atom. The number of hydrogen-bond acceptors (Lipinski definition) is 3. The van der Waals surface area contributed by atoms with Crippen LogP contribution in [0.25, 0.3) is 0 Å². The molecular weight excluding hydrogens is 228 g/mol. The zero-order valence-corrected chi connectivity index (χ0v) is 10.8. The van der Waals surface area contributed by atoms with Crippen LogP contribution in [0.5, 0.6) is 0 Å². The van der Waals surface area contributed by atoms with E-state index in [1.165, 1.54) is 0 Å². The lowest BCUT2D eigenvalue weighted by Gasteiger charge is -2.23. The van der Waals surface area contributed by atoms with Crippen molar-refractivity contribution in [3.8, 4) is 0 Å². The molecule has 0 aromatic rings. The molecule has 0 bridgehead atoms. The molecular formula is C10H20N2O3S. The Labute approximate surface area is 100 Å². The molecule has 3 N–H and O–H groups in total. The summed E-state index contributed by atoms with van der Waals surface area (Å²) in [5.41, 5.74) is -0.892. The lowest BCUT2D eigenvalue weighted by Crippen LogP contribution is -2.45. The van der Waals surface area contributed by atoms with Gasteiger partial charge >= 0.3 is 12.0 Å². The molecule has 1 atom stereocenters. The number of urea groups is 1. The minimum atomic E-state index is -0.892. The first-order valence-electron chi connectivity index (χ1n) is 5.20. The lowest BCUT2D eigenvalue weighted by atomic mass is 9.88. The summed E-state index contributed by atoms with van der Waals surface area (Å²) in [5, 5.41) is 14.2. The molecule has 0 aromatic carbocycles. The van der Waals surface area contributed by atoms with Crippen LogP contribution in [0.15, 0.2) is 0 Å². The van der Waals surface area contributed by atoms with Gasteiger partial charge in [0, 0.05) is 18.8 Å². The van der Waals surface area contributed by atoms with Crippen LogP contribution in [0, 0.1) is 5.41 Å². The molecule has 0 radical (unpaired) electrons. The highest BCUT2D eigenvalue weighted by Gasteiger charge is 2.31. The van der Waals surface area contributed by atoms with Crippen molar-refractivity contribution in [3.05, 3.63) is 0 Å². The van der Waals surface area contributed by atoms with Crippen LogP contribution in [0.2, 0.25) is 0 Å². The monoisotopic (exact) mass is 248 g/mol. The van der Waals surface area contributed by atoms with Gasteiger partial charge in [0.2, 0.25) is 0 Å². The van der Waals surface area contributed by atoms with Gasteiger partial charge in [-0.05, 0) is 19.6 Å². The van der Waals surface area contributed by atoms with E-state index in [-0.39, 0.29) is 12.6 Å². The number of rotatable bonds is 7. The first kappa shape index (κ1) is 15.1. The zero-order chi connectivity index (χ0) is 12.6. The third kappa shape index (κ3) is 5.25. The van der Waals surface area contributed by atoms with Gasteiger partial charge < -0.3 is 15.7 Å². The number of aliphatic carboxylic acids is 1. The molecule has 0 saturated carbocycles. The van der Waals surface area contributed by atoms with Gasteiger partial charge in [0.1, 0.15) is 0 Å². The summed E-state index contributed by atoms with van der Waals surface area (Å²) in [5.74, 6) is -0.0448. The number of carbonyl (C=O) groups is 2. The van der Waals surface area contributed by atoms with Crippen molar-refractivity contribution in [2.24, 2.45) is 5.41 Å². The van der Waals surface area contributed by atoms with Gasteiger partial charge in [0.05, 0.1) is 5.41 Å². The van der Waals surface area contributed by atoms with E-state index in [0.29, 0.717) is 13.0 Å². The molecule has 6 heteroatoms. The van der Waals surface area contributed by atoms with Crippen LogP contribution in [-0.2, 0) is 4.79 Å². The maximum atomic E-state index is 11.3. The van der Waals surface area contributed by atoms with Crippen molar-refractivity contribution in [1.82, 2.24) is 10.6 Å². The van der Waals surface area contributed by atoms with Gasteiger partial charge in [-0.1, -0.05) is 6.92 Å². The molecule has 0 fully saturated rings. The van der Waals surface area contributed by atoms with Crippen LogP contribution >= 0.6 is 11.8 Å². The van der Waals surface area contributed by atoms with Crippen LogP contribution < -0.4 is 10.6 Å². The van der Waals surface area contributed by atoms with Gasteiger partial charge in [-0.3, -0.25) is 4.79 Å². The molecule has 16 heavy (non-hydrogen) atoms. The molecule has 0 aromatic heterocycles. The number of carbonyl (C=O) groups excluding carboxylic acids is 1. The maximum Gasteiger partial charge on any atom is 0.314 e. The van der Waals surface area contributed by atoms with Gasteiger partial charge in [-0.15, -0.1) is 0 Å². The molecule has 0 saturated heterocycles. The smallest absolute Gasteiger partial charge is 0.314 e. The molecule has 0 aliphatic heterocycles. The van der Waals surface area contributed by atoms with E-state index < -0.39 is 11.4 Å². The molecule has 94 valence electrons. The van der Waals surface area contributed by atoms with E-state index in [4.69, 9.17) is 5.11 Å². The van der Waals surface area contributed by atoms with Crippen molar-refractivity contribution in [2.45, 2.75) is 20.3 Å². The second kappa shape index (κ2) is 7.38. The topological polar surface area (TPSA) is 78.4 Å². The highest BCUT2D eigenvalue weighted by molar-refractivity contribution is 7.98. The van der Waals surface area contributed by atoms with E-state index in [9.17, 15) is 9.59 Å². The molecule has 0 heterocycles. The highest BCUT2D eigenvalue weighted by Crippen LogP contribution is 2.19. The number of carboxylic acids is 1. The second-order valence-corrected chi connectivity index (χ2v) is 4.81. The Bertz CT molecular complexity index is 248. The molecule has 0 aliphatic rings. The summed E-state index contributed by atoms with van der Waals surface area (Å²) in [4.78, 5) is 22.2. The van der Waals surface area contributed by atoms with Crippen molar-refractivity contribution >= 4 is 23.8 Å². The summed E-state index contributed by atoms with van der Waals surface area (Å²) in [6, 6.07) is -0.310. The van der Waals surface area contributed by atoms with Crippen LogP contribution in [-0.4, -0.2) is 42.2 Å². The third-order valence-corrected chi connectivity index (χ3v) is 3.14. The van der Waals surface area contributed by atoms with E-state index >= 15 is 0 Å². The average Bonchev–Trinajstić information content (AvgIpc) is 2.26. The first-order chi connectivity index (χ1) is 7.46. The average molecular weight is 248 g/mol. The summed E-state index contributed by atoms with van der Waals surface area (Å²) < 4.78 is 0. The molecule has 0 rings (SSSR count). The number of hydrogen-bond donors (Lipinski definition) is 3. The lowest BCUT2D eigenvalue weighted by molar-refractivity contribution is -0.147. The Morgan fingerprint density at radius 1 is 1.38 bits per heavy atom. The fourth-order valence-electron chi connectivity index (χ4n) is 0.956. The third-order valence-electron chi connectivity index (χ3n) is 2.53. The van der Waals surface area contributed by atoms with Crippen molar-refractivity contribution < 1.29 is 14.7 Å². The van der Waals surface area contributed by atoms with Crippen LogP contribution in [0.4, 0.5) is 4.79 Å². The fraction of sp³-hybridized carbons (Fsp3) is 0.800. The molecule has 0 spiro atoms. The maximum absolute atomic E-state index is 11.3. The van der Waals surface area contributed by atoms with E-state index in [2.05, 4.69) is 10.6 Å². The second-order valence-electron chi connectivity index (χ2n) is 3.82. The summed E-state index contributed by atoms with van der Waals surface area (Å²) in [6.07, 6.45) is 2.44. The highest BCUT2D eigenvalue weighted by atomic mass is 32.2. The zero-order valence-electron chi connectivity index (χ0n) is 10.0. The Kier molecular flexibility index (Phi) is 6.96. The standard InChI is InChI=1S/C10H20N2O3S/c1-4-10(2,8(13)14)7-12-9(15)11-5-6-16-3/h4-7H2,1-3H3,(H,13,14)(H2,11,12,15). The van der Waals surface area contributed by atoms with Gasteiger partial charge in [0.25, 0.3) is 0 Å². The summed E-state index contributed by atoms with van der Waals surface area (Å²) in [7, 11) is 0. The van der Waals surface area contributed by atoms with Crippen molar-refractivity contribution in [1.29, 1.82) is 0 Å². The number of nitrogens with one attached hydrogen (secondary N) is 2. The number of amides is 2. The predicted molar refractivity (Wildman–Crippen MR) is 65.8 cm³/mol. The molecule has 1 unspecified atom stereocenters. The van der Waals surface area contributed by atoms with Gasteiger partial charge in [0.15, 0.2) is 0 Å². The first-order valence-corrected chi connectivity index (χ1v) is 6.59. The quantitative estimate of drug-likeness (QED) is 0.591. The summed E-state index contributed by atoms with van der Waals surface area (Å²) >= 11 is 1.64. The Balaban J connectivity index is 3.93.